The molecule has 1 aliphatic heterocycles. The number of para-hydroxylation sites is 1. The molecule has 1 aliphatic rings. The number of fused-ring (bicyclic) bond motifs is 1. The van der Waals surface area contributed by atoms with Gasteiger partial charge in [0.15, 0.2) is 11.5 Å². The normalized spacial score (nSPS) is 14.7. The van der Waals surface area contributed by atoms with Crippen LogP contribution in [-0.4, -0.2) is 43.1 Å². The molecule has 10 nitrogen and oxygen atoms in total. The van der Waals surface area contributed by atoms with Crippen molar-refractivity contribution < 1.29 is 24.6 Å². The number of benzene rings is 2. The van der Waals surface area contributed by atoms with Gasteiger partial charge in [0.05, 0.1) is 5.56 Å². The Balaban J connectivity index is 1.72. The summed E-state index contributed by atoms with van der Waals surface area (Å²) in [6, 6.07) is 12.5. The number of aromatic carboxylic acids is 1. The van der Waals surface area contributed by atoms with Gasteiger partial charge in [-0.05, 0) is 42.3 Å². The van der Waals surface area contributed by atoms with Crippen molar-refractivity contribution in [3.8, 4) is 0 Å². The molecule has 1 atom stereocenters. The molecule has 0 spiro atoms. The van der Waals surface area contributed by atoms with Crippen molar-refractivity contribution in [1.29, 1.82) is 0 Å². The molecule has 1 aromatic heterocycles. The lowest BCUT2D eigenvalue weighted by Crippen LogP contribution is -2.25. The number of aliphatic carboxylic acids is 1. The van der Waals surface area contributed by atoms with Crippen LogP contribution < -0.4 is 10.6 Å². The van der Waals surface area contributed by atoms with E-state index in [-0.39, 0.29) is 22.8 Å². The number of nitrogens with zero attached hydrogens (tertiary/aromatic N) is 3. The SMILES string of the molecule is Cc1ccccc1NC(=O)c1nnn2c1NC(C(=O)O)=C[C@H]2c1ccc(C(=O)O)cc1. The number of anilines is 2. The predicted molar refractivity (Wildman–Crippen MR) is 110 cm³/mol. The van der Waals surface area contributed by atoms with Gasteiger partial charge in [0.2, 0.25) is 0 Å². The zero-order valence-corrected chi connectivity index (χ0v) is 16.2. The molecule has 3 aromatic rings. The monoisotopic (exact) mass is 419 g/mol. The molecular weight excluding hydrogens is 402 g/mol. The van der Waals surface area contributed by atoms with Crippen molar-refractivity contribution in [3.63, 3.8) is 0 Å². The first kappa shape index (κ1) is 19.8. The van der Waals surface area contributed by atoms with E-state index in [9.17, 15) is 19.5 Å². The number of rotatable bonds is 5. The van der Waals surface area contributed by atoms with E-state index >= 15 is 0 Å². The van der Waals surface area contributed by atoms with Crippen LogP contribution in [0, 0.1) is 6.92 Å². The summed E-state index contributed by atoms with van der Waals surface area (Å²) in [6.45, 7) is 1.84. The van der Waals surface area contributed by atoms with E-state index in [0.717, 1.165) is 5.56 Å². The maximum absolute atomic E-state index is 12.8. The molecule has 4 rings (SSSR count). The highest BCUT2D eigenvalue weighted by Crippen LogP contribution is 2.31. The van der Waals surface area contributed by atoms with Crippen molar-refractivity contribution in [1.82, 2.24) is 15.0 Å². The number of hydrogen-bond donors (Lipinski definition) is 4. The first-order valence-electron chi connectivity index (χ1n) is 9.22. The van der Waals surface area contributed by atoms with Gasteiger partial charge in [-0.15, -0.1) is 5.10 Å². The third kappa shape index (κ3) is 3.73. The molecule has 10 heteroatoms. The summed E-state index contributed by atoms with van der Waals surface area (Å²) in [4.78, 5) is 35.6. The molecule has 0 unspecified atom stereocenters. The van der Waals surface area contributed by atoms with Crippen molar-refractivity contribution >= 4 is 29.4 Å². The summed E-state index contributed by atoms with van der Waals surface area (Å²) >= 11 is 0. The van der Waals surface area contributed by atoms with Crippen LogP contribution in [0.25, 0.3) is 0 Å². The van der Waals surface area contributed by atoms with E-state index in [4.69, 9.17) is 5.11 Å². The lowest BCUT2D eigenvalue weighted by Gasteiger charge is -2.23. The van der Waals surface area contributed by atoms with Crippen molar-refractivity contribution in [2.45, 2.75) is 13.0 Å². The molecule has 156 valence electrons. The van der Waals surface area contributed by atoms with Gasteiger partial charge < -0.3 is 20.8 Å². The largest absolute Gasteiger partial charge is 0.478 e. The second-order valence-corrected chi connectivity index (χ2v) is 6.88. The standard InChI is InChI=1S/C21H17N5O5/c1-11-4-2-3-5-14(11)23-19(27)17-18-22-15(21(30)31)10-16(26(18)25-24-17)12-6-8-13(9-7-12)20(28)29/h2-10,16,22H,1H3,(H,23,27)(H,28,29)(H,30,31)/t16-/m0/s1. The number of carbonyl (C=O) groups excluding carboxylic acids is 1. The highest BCUT2D eigenvalue weighted by atomic mass is 16.4. The Kier molecular flexibility index (Phi) is 4.96. The first-order valence-corrected chi connectivity index (χ1v) is 9.22. The van der Waals surface area contributed by atoms with Crippen LogP contribution in [0.3, 0.4) is 0 Å². The highest BCUT2D eigenvalue weighted by Gasteiger charge is 2.31. The molecule has 0 saturated carbocycles. The fourth-order valence-electron chi connectivity index (χ4n) is 3.24. The van der Waals surface area contributed by atoms with Crippen molar-refractivity contribution in [2.24, 2.45) is 0 Å². The third-order valence-corrected chi connectivity index (χ3v) is 4.87. The van der Waals surface area contributed by atoms with Crippen LogP contribution >= 0.6 is 0 Å². The van der Waals surface area contributed by atoms with Gasteiger partial charge in [-0.2, -0.15) is 0 Å². The minimum absolute atomic E-state index is 0.0674. The number of carboxylic acids is 2. The fourth-order valence-corrected chi connectivity index (χ4v) is 3.24. The maximum Gasteiger partial charge on any atom is 0.352 e. The zero-order chi connectivity index (χ0) is 22.1. The fraction of sp³-hybridized carbons (Fsp3) is 0.0952. The van der Waals surface area contributed by atoms with E-state index in [2.05, 4.69) is 20.9 Å². The van der Waals surface area contributed by atoms with Crippen LogP contribution in [-0.2, 0) is 4.79 Å². The summed E-state index contributed by atoms with van der Waals surface area (Å²) in [5, 5.41) is 32.1. The molecule has 0 radical (unpaired) electrons. The van der Waals surface area contributed by atoms with E-state index in [1.807, 2.05) is 19.1 Å². The van der Waals surface area contributed by atoms with Crippen LogP contribution in [0.4, 0.5) is 11.5 Å². The summed E-state index contributed by atoms with van der Waals surface area (Å²) in [5.41, 5.74) is 1.92. The van der Waals surface area contributed by atoms with Crippen molar-refractivity contribution in [3.05, 3.63) is 82.7 Å². The summed E-state index contributed by atoms with van der Waals surface area (Å²) in [6.07, 6.45) is 1.42. The number of aromatic nitrogens is 3. The second kappa shape index (κ2) is 7.75. The molecule has 0 saturated heterocycles. The van der Waals surface area contributed by atoms with Crippen LogP contribution in [0.15, 0.2) is 60.3 Å². The number of aryl methyl sites for hydroxylation is 1. The number of carboxylic acid groups (broad SMARTS) is 2. The van der Waals surface area contributed by atoms with Gasteiger partial charge in [-0.25, -0.2) is 14.3 Å². The summed E-state index contributed by atoms with van der Waals surface area (Å²) in [7, 11) is 0. The van der Waals surface area contributed by atoms with Crippen molar-refractivity contribution in [2.75, 3.05) is 10.6 Å². The minimum Gasteiger partial charge on any atom is -0.478 e. The molecule has 1 amide bonds. The van der Waals surface area contributed by atoms with Crippen LogP contribution in [0.1, 0.15) is 38.0 Å². The van der Waals surface area contributed by atoms with E-state index < -0.39 is 23.9 Å². The molecule has 31 heavy (non-hydrogen) atoms. The van der Waals surface area contributed by atoms with Gasteiger partial charge in [-0.3, -0.25) is 4.79 Å². The molecule has 0 aliphatic carbocycles. The van der Waals surface area contributed by atoms with Gasteiger partial charge in [-0.1, -0.05) is 35.5 Å². The average molecular weight is 419 g/mol. The summed E-state index contributed by atoms with van der Waals surface area (Å²) < 4.78 is 1.38. The Morgan fingerprint density at radius 1 is 1.03 bits per heavy atom. The Morgan fingerprint density at radius 2 is 1.74 bits per heavy atom. The Bertz CT molecular complexity index is 1230. The number of allylic oxidation sites excluding steroid dienone is 1. The highest BCUT2D eigenvalue weighted by molar-refractivity contribution is 6.07. The van der Waals surface area contributed by atoms with Gasteiger partial charge in [0, 0.05) is 5.69 Å². The lowest BCUT2D eigenvalue weighted by atomic mass is 10.0. The number of hydrogen-bond acceptors (Lipinski definition) is 6. The predicted octanol–water partition coefficient (Wildman–Crippen LogP) is 2.52. The Labute approximate surface area is 175 Å². The number of nitrogens with one attached hydrogen (secondary N) is 2. The molecule has 2 heterocycles. The molecule has 2 aromatic carbocycles. The Morgan fingerprint density at radius 3 is 2.39 bits per heavy atom. The number of carbonyl (C=O) groups is 3. The Hall–Kier alpha value is -4.47. The second-order valence-electron chi connectivity index (χ2n) is 6.88. The third-order valence-electron chi connectivity index (χ3n) is 4.87. The number of amides is 1. The molecule has 4 N–H and O–H groups in total. The quantitative estimate of drug-likeness (QED) is 0.493. The van der Waals surface area contributed by atoms with E-state index in [1.54, 1.807) is 24.3 Å². The van der Waals surface area contributed by atoms with E-state index in [1.165, 1.54) is 22.9 Å². The van der Waals surface area contributed by atoms with Gasteiger partial charge >= 0.3 is 11.9 Å². The van der Waals surface area contributed by atoms with Gasteiger partial charge in [0.1, 0.15) is 11.7 Å². The van der Waals surface area contributed by atoms with Crippen LogP contribution in [0.5, 0.6) is 0 Å². The first-order chi connectivity index (χ1) is 14.8. The van der Waals surface area contributed by atoms with Crippen LogP contribution in [0.2, 0.25) is 0 Å². The molecular formula is C21H17N5O5. The molecule has 0 fully saturated rings. The lowest BCUT2D eigenvalue weighted by molar-refractivity contribution is -0.132. The smallest absolute Gasteiger partial charge is 0.352 e. The average Bonchev–Trinajstić information content (AvgIpc) is 3.19. The minimum atomic E-state index is -1.22. The molecule has 0 bridgehead atoms. The maximum atomic E-state index is 12.8. The summed E-state index contributed by atoms with van der Waals surface area (Å²) in [5.74, 6) is -2.71. The van der Waals surface area contributed by atoms with E-state index in [0.29, 0.717) is 11.3 Å². The van der Waals surface area contributed by atoms with Gasteiger partial charge in [0.25, 0.3) is 5.91 Å². The zero-order valence-electron chi connectivity index (χ0n) is 16.2. The topological polar surface area (TPSA) is 146 Å².